The molecule has 1 unspecified atom stereocenters. The first-order valence-electron chi connectivity index (χ1n) is 6.30. The molecule has 0 radical (unpaired) electrons. The third-order valence-electron chi connectivity index (χ3n) is 3.11. The van der Waals surface area contributed by atoms with E-state index in [1.165, 1.54) is 9.75 Å². The first-order chi connectivity index (χ1) is 8.72. The van der Waals surface area contributed by atoms with Gasteiger partial charge < -0.3 is 9.64 Å². The maximum atomic E-state index is 11.9. The lowest BCUT2D eigenvalue weighted by Crippen LogP contribution is -2.30. The molecule has 1 aliphatic rings. The molecule has 0 spiro atoms. The third-order valence-corrected chi connectivity index (χ3v) is 4.16. The van der Waals surface area contributed by atoms with E-state index in [1.807, 2.05) is 4.90 Å². The Morgan fingerprint density at radius 3 is 3.00 bits per heavy atom. The zero-order chi connectivity index (χ0) is 13.0. The van der Waals surface area contributed by atoms with Crippen LogP contribution < -0.4 is 5.32 Å². The van der Waals surface area contributed by atoms with Crippen molar-refractivity contribution >= 4 is 17.2 Å². The number of nitrogens with one attached hydrogen (secondary N) is 1. The van der Waals surface area contributed by atoms with Crippen LogP contribution in [0.3, 0.4) is 0 Å². The summed E-state index contributed by atoms with van der Waals surface area (Å²) in [6.07, 6.45) is 2.05. The minimum absolute atomic E-state index is 0.0683. The molecule has 1 atom stereocenters. The van der Waals surface area contributed by atoms with Gasteiger partial charge in [0.15, 0.2) is 0 Å². The molecule has 0 aliphatic carbocycles. The van der Waals surface area contributed by atoms with Crippen molar-refractivity contribution in [2.24, 2.45) is 0 Å². The molecule has 2 rings (SSSR count). The number of thiophene rings is 1. The summed E-state index contributed by atoms with van der Waals surface area (Å²) < 4.78 is 5.03. The highest BCUT2D eigenvalue weighted by molar-refractivity contribution is 7.12. The van der Waals surface area contributed by atoms with Crippen LogP contribution in [-0.2, 0) is 9.53 Å². The van der Waals surface area contributed by atoms with E-state index < -0.39 is 0 Å². The van der Waals surface area contributed by atoms with Gasteiger partial charge in [0.05, 0.1) is 6.54 Å². The van der Waals surface area contributed by atoms with Gasteiger partial charge in [-0.3, -0.25) is 10.1 Å². The van der Waals surface area contributed by atoms with Crippen LogP contribution in [0.2, 0.25) is 0 Å². The summed E-state index contributed by atoms with van der Waals surface area (Å²) in [6, 6.07) is 4.21. The molecule has 1 aliphatic heterocycles. The van der Waals surface area contributed by atoms with Gasteiger partial charge in [-0.05, 0) is 31.9 Å². The summed E-state index contributed by atoms with van der Waals surface area (Å²) in [5.41, 5.74) is 0. The Morgan fingerprint density at radius 2 is 2.33 bits per heavy atom. The van der Waals surface area contributed by atoms with E-state index in [9.17, 15) is 4.79 Å². The summed E-state index contributed by atoms with van der Waals surface area (Å²) >= 11 is 1.75. The van der Waals surface area contributed by atoms with Crippen molar-refractivity contribution < 1.29 is 9.53 Å². The molecule has 4 nitrogen and oxygen atoms in total. The van der Waals surface area contributed by atoms with Crippen LogP contribution in [0.15, 0.2) is 12.1 Å². The van der Waals surface area contributed by atoms with Crippen LogP contribution in [0.1, 0.15) is 28.8 Å². The molecule has 1 saturated heterocycles. The number of hydrogen-bond acceptors (Lipinski definition) is 4. The van der Waals surface area contributed by atoms with Gasteiger partial charge in [-0.2, -0.15) is 0 Å². The van der Waals surface area contributed by atoms with E-state index >= 15 is 0 Å². The van der Waals surface area contributed by atoms with Crippen molar-refractivity contribution in [3.63, 3.8) is 0 Å². The second-order valence-electron chi connectivity index (χ2n) is 4.52. The Balaban J connectivity index is 1.95. The monoisotopic (exact) mass is 268 g/mol. The van der Waals surface area contributed by atoms with E-state index in [1.54, 1.807) is 18.4 Å². The number of unbranched alkanes of at least 4 members (excludes halogenated alkanes) is 1. The number of rotatable bonds is 6. The molecule has 1 N–H and O–H groups in total. The van der Waals surface area contributed by atoms with E-state index in [2.05, 4.69) is 24.4 Å². The van der Waals surface area contributed by atoms with Gasteiger partial charge in [0.25, 0.3) is 0 Å². The van der Waals surface area contributed by atoms with Crippen molar-refractivity contribution in [1.82, 2.24) is 10.2 Å². The summed E-state index contributed by atoms with van der Waals surface area (Å²) in [7, 11) is 1.71. The Bertz CT molecular complexity index is 405. The smallest absolute Gasteiger partial charge is 0.238 e. The molecule has 1 fully saturated rings. The molecule has 18 heavy (non-hydrogen) atoms. The van der Waals surface area contributed by atoms with Gasteiger partial charge in [0.2, 0.25) is 5.91 Å². The fourth-order valence-electron chi connectivity index (χ4n) is 2.18. The van der Waals surface area contributed by atoms with Gasteiger partial charge in [0, 0.05) is 30.0 Å². The lowest BCUT2D eigenvalue weighted by molar-refractivity contribution is -0.128. The predicted octanol–water partition coefficient (Wildman–Crippen LogP) is 1.91. The number of methoxy groups -OCH3 is 1. The quantitative estimate of drug-likeness (QED) is 0.801. The summed E-state index contributed by atoms with van der Waals surface area (Å²) in [5, 5.41) is 3.28. The maximum Gasteiger partial charge on any atom is 0.238 e. The molecule has 0 saturated carbocycles. The first-order valence-corrected chi connectivity index (χ1v) is 7.12. The van der Waals surface area contributed by atoms with Crippen LogP contribution >= 0.6 is 11.3 Å². The summed E-state index contributed by atoms with van der Waals surface area (Å²) in [5.74, 6) is 0.198. The van der Waals surface area contributed by atoms with E-state index in [0.717, 1.165) is 26.0 Å². The molecule has 1 amide bonds. The van der Waals surface area contributed by atoms with Crippen molar-refractivity contribution in [2.45, 2.75) is 25.9 Å². The lowest BCUT2D eigenvalue weighted by atomic mass is 10.2. The number of amides is 1. The van der Waals surface area contributed by atoms with Gasteiger partial charge >= 0.3 is 0 Å². The minimum atomic E-state index is 0.0683. The zero-order valence-corrected chi connectivity index (χ0v) is 11.8. The van der Waals surface area contributed by atoms with E-state index in [-0.39, 0.29) is 12.1 Å². The normalized spacial score (nSPS) is 19.8. The van der Waals surface area contributed by atoms with Gasteiger partial charge in [-0.15, -0.1) is 11.3 Å². The molecular formula is C13H20N2O2S. The zero-order valence-electron chi connectivity index (χ0n) is 10.9. The van der Waals surface area contributed by atoms with Crippen LogP contribution in [0, 0.1) is 6.92 Å². The highest BCUT2D eigenvalue weighted by atomic mass is 32.1. The van der Waals surface area contributed by atoms with Crippen LogP contribution in [0.5, 0.6) is 0 Å². The fraction of sp³-hybridized carbons (Fsp3) is 0.615. The largest absolute Gasteiger partial charge is 0.385 e. The second kappa shape index (κ2) is 6.31. The van der Waals surface area contributed by atoms with Crippen molar-refractivity contribution in [3.8, 4) is 0 Å². The Hall–Kier alpha value is -0.910. The number of aryl methyl sites for hydroxylation is 1. The topological polar surface area (TPSA) is 41.6 Å². The molecule has 5 heteroatoms. The standard InChI is InChI=1S/C13H20N2O2S/c1-10-5-6-11(18-10)13-14-9-12(16)15(13)7-3-4-8-17-2/h5-6,13-14H,3-4,7-9H2,1-2H3. The molecule has 0 bridgehead atoms. The average molecular weight is 268 g/mol. The minimum Gasteiger partial charge on any atom is -0.385 e. The lowest BCUT2D eigenvalue weighted by Gasteiger charge is -2.23. The Morgan fingerprint density at radius 1 is 1.50 bits per heavy atom. The first kappa shape index (κ1) is 13.5. The number of ether oxygens (including phenoxy) is 1. The second-order valence-corrected chi connectivity index (χ2v) is 5.84. The van der Waals surface area contributed by atoms with E-state index in [4.69, 9.17) is 4.74 Å². The van der Waals surface area contributed by atoms with Crippen molar-refractivity contribution in [1.29, 1.82) is 0 Å². The van der Waals surface area contributed by atoms with Crippen molar-refractivity contribution in [2.75, 3.05) is 26.8 Å². The number of carbonyl (C=O) groups excluding carboxylic acids is 1. The molecule has 100 valence electrons. The van der Waals surface area contributed by atoms with Crippen LogP contribution in [0.4, 0.5) is 0 Å². The fourth-order valence-corrected chi connectivity index (χ4v) is 3.14. The highest BCUT2D eigenvalue weighted by Gasteiger charge is 2.31. The summed E-state index contributed by atoms with van der Waals surface area (Å²) in [6.45, 7) is 4.11. The third kappa shape index (κ3) is 3.10. The Kier molecular flexibility index (Phi) is 4.74. The molecule has 1 aromatic heterocycles. The number of carbonyl (C=O) groups is 1. The molecule has 2 heterocycles. The van der Waals surface area contributed by atoms with E-state index in [0.29, 0.717) is 6.54 Å². The van der Waals surface area contributed by atoms with Crippen molar-refractivity contribution in [3.05, 3.63) is 21.9 Å². The predicted molar refractivity (Wildman–Crippen MR) is 72.6 cm³/mol. The van der Waals surface area contributed by atoms with Crippen LogP contribution in [-0.4, -0.2) is 37.6 Å². The average Bonchev–Trinajstić information content (AvgIpc) is 2.92. The highest BCUT2D eigenvalue weighted by Crippen LogP contribution is 2.28. The summed E-state index contributed by atoms with van der Waals surface area (Å²) in [4.78, 5) is 16.3. The number of hydrogen-bond donors (Lipinski definition) is 1. The van der Waals surface area contributed by atoms with Gasteiger partial charge in [-0.25, -0.2) is 0 Å². The Labute approximate surface area is 112 Å². The molecule has 0 aromatic carbocycles. The SMILES string of the molecule is COCCCCN1C(=O)CNC1c1ccc(C)s1. The molecule has 1 aromatic rings. The van der Waals surface area contributed by atoms with Gasteiger partial charge in [0.1, 0.15) is 6.17 Å². The van der Waals surface area contributed by atoms with Crippen LogP contribution in [0.25, 0.3) is 0 Å². The van der Waals surface area contributed by atoms with Gasteiger partial charge in [-0.1, -0.05) is 0 Å². The molecular weight excluding hydrogens is 248 g/mol. The number of nitrogens with zero attached hydrogens (tertiary/aromatic N) is 1. The maximum absolute atomic E-state index is 11.9.